The van der Waals surface area contributed by atoms with Crippen LogP contribution in [0.2, 0.25) is 0 Å². The molecule has 1 aromatic rings. The SMILES string of the molecule is CC(N)Cc1c(F)cccc1N1CCCCC1. The van der Waals surface area contributed by atoms with Crippen LogP contribution in [0.15, 0.2) is 18.2 Å². The number of hydrogen-bond acceptors (Lipinski definition) is 2. The Bertz CT molecular complexity index is 370. The summed E-state index contributed by atoms with van der Waals surface area (Å²) in [7, 11) is 0. The first kappa shape index (κ1) is 12.4. The molecule has 1 heterocycles. The van der Waals surface area contributed by atoms with Crippen LogP contribution in [0, 0.1) is 5.82 Å². The molecule has 0 spiro atoms. The van der Waals surface area contributed by atoms with E-state index in [-0.39, 0.29) is 11.9 Å². The molecule has 1 atom stereocenters. The van der Waals surface area contributed by atoms with E-state index in [1.54, 1.807) is 6.07 Å². The highest BCUT2D eigenvalue weighted by Crippen LogP contribution is 2.27. The number of anilines is 1. The van der Waals surface area contributed by atoms with Crippen molar-refractivity contribution >= 4 is 5.69 Å². The van der Waals surface area contributed by atoms with Crippen molar-refractivity contribution in [2.75, 3.05) is 18.0 Å². The monoisotopic (exact) mass is 236 g/mol. The molecule has 3 heteroatoms. The van der Waals surface area contributed by atoms with Gasteiger partial charge in [0.25, 0.3) is 0 Å². The molecule has 1 saturated heterocycles. The van der Waals surface area contributed by atoms with Gasteiger partial charge in [-0.15, -0.1) is 0 Å². The van der Waals surface area contributed by atoms with E-state index < -0.39 is 0 Å². The van der Waals surface area contributed by atoms with E-state index in [9.17, 15) is 4.39 Å². The molecule has 1 fully saturated rings. The molecule has 2 nitrogen and oxygen atoms in total. The summed E-state index contributed by atoms with van der Waals surface area (Å²) in [5, 5.41) is 0. The minimum absolute atomic E-state index is 0.00422. The van der Waals surface area contributed by atoms with E-state index in [0.717, 1.165) is 24.3 Å². The Morgan fingerprint density at radius 3 is 2.65 bits per heavy atom. The van der Waals surface area contributed by atoms with Gasteiger partial charge >= 0.3 is 0 Å². The van der Waals surface area contributed by atoms with Crippen LogP contribution < -0.4 is 10.6 Å². The van der Waals surface area contributed by atoms with Gasteiger partial charge in [0.05, 0.1) is 0 Å². The summed E-state index contributed by atoms with van der Waals surface area (Å²) in [6.07, 6.45) is 4.30. The molecule has 0 aromatic heterocycles. The van der Waals surface area contributed by atoms with Gasteiger partial charge in [-0.25, -0.2) is 4.39 Å². The van der Waals surface area contributed by atoms with Gasteiger partial charge in [-0.3, -0.25) is 0 Å². The van der Waals surface area contributed by atoms with Crippen LogP contribution in [-0.4, -0.2) is 19.1 Å². The molecule has 1 aliphatic heterocycles. The minimum atomic E-state index is -0.120. The van der Waals surface area contributed by atoms with E-state index in [2.05, 4.69) is 4.90 Å². The van der Waals surface area contributed by atoms with Crippen LogP contribution in [-0.2, 0) is 6.42 Å². The van der Waals surface area contributed by atoms with Crippen LogP contribution >= 0.6 is 0 Å². The molecular weight excluding hydrogens is 215 g/mol. The lowest BCUT2D eigenvalue weighted by molar-refractivity contribution is 0.563. The maximum atomic E-state index is 13.9. The molecule has 94 valence electrons. The number of hydrogen-bond donors (Lipinski definition) is 1. The topological polar surface area (TPSA) is 29.3 Å². The highest BCUT2D eigenvalue weighted by molar-refractivity contribution is 5.54. The van der Waals surface area contributed by atoms with Gasteiger partial charge in [0.2, 0.25) is 0 Å². The molecular formula is C14H21FN2. The maximum Gasteiger partial charge on any atom is 0.128 e. The van der Waals surface area contributed by atoms with Crippen molar-refractivity contribution in [3.05, 3.63) is 29.6 Å². The third kappa shape index (κ3) is 2.97. The largest absolute Gasteiger partial charge is 0.371 e. The van der Waals surface area contributed by atoms with Gasteiger partial charge in [0.15, 0.2) is 0 Å². The molecule has 0 saturated carbocycles. The highest BCUT2D eigenvalue weighted by Gasteiger charge is 2.17. The Morgan fingerprint density at radius 1 is 1.29 bits per heavy atom. The van der Waals surface area contributed by atoms with Crippen molar-refractivity contribution in [3.8, 4) is 0 Å². The maximum absolute atomic E-state index is 13.9. The molecule has 0 radical (unpaired) electrons. The minimum Gasteiger partial charge on any atom is -0.371 e. The van der Waals surface area contributed by atoms with Crippen LogP contribution in [0.5, 0.6) is 0 Å². The van der Waals surface area contributed by atoms with Crippen LogP contribution in [0.4, 0.5) is 10.1 Å². The molecule has 17 heavy (non-hydrogen) atoms. The van der Waals surface area contributed by atoms with Gasteiger partial charge in [-0.05, 0) is 44.7 Å². The number of benzene rings is 1. The second-order valence-electron chi connectivity index (χ2n) is 4.97. The summed E-state index contributed by atoms with van der Waals surface area (Å²) in [6.45, 7) is 4.00. The van der Waals surface area contributed by atoms with Crippen molar-refractivity contribution in [2.24, 2.45) is 5.73 Å². The number of piperidine rings is 1. The zero-order chi connectivity index (χ0) is 12.3. The quantitative estimate of drug-likeness (QED) is 0.874. The molecule has 0 bridgehead atoms. The summed E-state index contributed by atoms with van der Waals surface area (Å²) < 4.78 is 13.9. The normalized spacial score (nSPS) is 18.2. The Labute approximate surface area is 103 Å². The zero-order valence-electron chi connectivity index (χ0n) is 10.5. The standard InChI is InChI=1S/C14H21FN2/c1-11(16)10-12-13(15)6-5-7-14(12)17-8-3-2-4-9-17/h5-7,11H,2-4,8-10,16H2,1H3. The van der Waals surface area contributed by atoms with E-state index in [1.165, 1.54) is 25.3 Å². The second-order valence-corrected chi connectivity index (χ2v) is 4.97. The summed E-state index contributed by atoms with van der Waals surface area (Å²) in [6, 6.07) is 5.34. The van der Waals surface area contributed by atoms with Crippen LogP contribution in [0.3, 0.4) is 0 Å². The highest BCUT2D eigenvalue weighted by atomic mass is 19.1. The van der Waals surface area contributed by atoms with Crippen molar-refractivity contribution in [2.45, 2.75) is 38.6 Å². The third-order valence-electron chi connectivity index (χ3n) is 3.32. The first-order valence-electron chi connectivity index (χ1n) is 6.46. The molecule has 1 aliphatic rings. The Kier molecular flexibility index (Phi) is 4.00. The lowest BCUT2D eigenvalue weighted by Gasteiger charge is -2.31. The third-order valence-corrected chi connectivity index (χ3v) is 3.32. The van der Waals surface area contributed by atoms with Gasteiger partial charge in [-0.2, -0.15) is 0 Å². The Balaban J connectivity index is 2.27. The molecule has 0 amide bonds. The van der Waals surface area contributed by atoms with Gasteiger partial charge in [-0.1, -0.05) is 6.07 Å². The number of nitrogens with two attached hydrogens (primary N) is 1. The summed E-state index contributed by atoms with van der Waals surface area (Å²) >= 11 is 0. The molecule has 0 aliphatic carbocycles. The lowest BCUT2D eigenvalue weighted by Crippen LogP contribution is -2.31. The summed E-state index contributed by atoms with van der Waals surface area (Å²) in [4.78, 5) is 2.30. The molecule has 2 N–H and O–H groups in total. The van der Waals surface area contributed by atoms with Gasteiger partial charge in [0.1, 0.15) is 5.82 Å². The zero-order valence-corrected chi connectivity index (χ0v) is 10.5. The summed E-state index contributed by atoms with van der Waals surface area (Å²) in [5.74, 6) is -0.120. The van der Waals surface area contributed by atoms with E-state index in [4.69, 9.17) is 5.73 Å². The second kappa shape index (κ2) is 5.50. The average Bonchev–Trinajstić information content (AvgIpc) is 2.32. The fourth-order valence-electron chi connectivity index (χ4n) is 2.50. The van der Waals surface area contributed by atoms with E-state index in [1.807, 2.05) is 13.0 Å². The van der Waals surface area contributed by atoms with Gasteiger partial charge in [0, 0.05) is 30.4 Å². The molecule has 1 aromatic carbocycles. The number of rotatable bonds is 3. The van der Waals surface area contributed by atoms with Crippen molar-refractivity contribution in [3.63, 3.8) is 0 Å². The van der Waals surface area contributed by atoms with Crippen LogP contribution in [0.25, 0.3) is 0 Å². The van der Waals surface area contributed by atoms with Crippen molar-refractivity contribution in [1.29, 1.82) is 0 Å². The average molecular weight is 236 g/mol. The predicted octanol–water partition coefficient (Wildman–Crippen LogP) is 2.71. The van der Waals surface area contributed by atoms with E-state index in [0.29, 0.717) is 6.42 Å². The Hall–Kier alpha value is -1.09. The van der Waals surface area contributed by atoms with Crippen LogP contribution in [0.1, 0.15) is 31.7 Å². The number of halogens is 1. The summed E-state index contributed by atoms with van der Waals surface area (Å²) in [5.41, 5.74) is 7.63. The molecule has 1 unspecified atom stereocenters. The van der Waals surface area contributed by atoms with Crippen molar-refractivity contribution in [1.82, 2.24) is 0 Å². The first-order valence-corrected chi connectivity index (χ1v) is 6.46. The smallest absolute Gasteiger partial charge is 0.128 e. The fraction of sp³-hybridized carbons (Fsp3) is 0.571. The molecule has 2 rings (SSSR count). The predicted molar refractivity (Wildman–Crippen MR) is 69.8 cm³/mol. The van der Waals surface area contributed by atoms with Gasteiger partial charge < -0.3 is 10.6 Å². The fourth-order valence-corrected chi connectivity index (χ4v) is 2.50. The first-order chi connectivity index (χ1) is 8.18. The Morgan fingerprint density at radius 2 is 2.00 bits per heavy atom. The number of nitrogens with zero attached hydrogens (tertiary/aromatic N) is 1. The van der Waals surface area contributed by atoms with E-state index >= 15 is 0 Å². The van der Waals surface area contributed by atoms with Crippen molar-refractivity contribution < 1.29 is 4.39 Å². The lowest BCUT2D eigenvalue weighted by atomic mass is 10.0.